The van der Waals surface area contributed by atoms with Crippen molar-refractivity contribution in [3.63, 3.8) is 0 Å². The molecule has 4 nitrogen and oxygen atoms in total. The van der Waals surface area contributed by atoms with Crippen molar-refractivity contribution in [1.29, 1.82) is 0 Å². The fraction of sp³-hybridized carbons (Fsp3) is 0.500. The second-order valence-electron chi connectivity index (χ2n) is 4.96. The molecule has 0 amide bonds. The Morgan fingerprint density at radius 1 is 1.50 bits per heavy atom. The molecule has 1 aromatic carbocycles. The van der Waals surface area contributed by atoms with Crippen LogP contribution in [0.2, 0.25) is 0 Å². The van der Waals surface area contributed by atoms with E-state index in [0.717, 1.165) is 37.4 Å². The first kappa shape index (κ1) is 15.5. The Balaban J connectivity index is 0.00000147. The minimum absolute atomic E-state index is 0. The molecule has 1 unspecified atom stereocenters. The van der Waals surface area contributed by atoms with E-state index in [1.54, 1.807) is 18.4 Å². The monoisotopic (exact) mass is 313 g/mol. The molecule has 0 aliphatic carbocycles. The van der Waals surface area contributed by atoms with E-state index in [2.05, 4.69) is 23.2 Å². The number of methoxy groups -OCH3 is 1. The van der Waals surface area contributed by atoms with E-state index in [9.17, 15) is 0 Å². The Kier molecular flexibility index (Phi) is 5.21. The van der Waals surface area contributed by atoms with Crippen molar-refractivity contribution in [1.82, 2.24) is 15.2 Å². The third kappa shape index (κ3) is 3.23. The van der Waals surface area contributed by atoms with Crippen LogP contribution in [-0.4, -0.2) is 42.7 Å². The lowest BCUT2D eigenvalue weighted by Crippen LogP contribution is -2.49. The normalized spacial score (nSPS) is 19.8. The highest BCUT2D eigenvalue weighted by molar-refractivity contribution is 7.18. The van der Waals surface area contributed by atoms with Crippen molar-refractivity contribution in [2.45, 2.75) is 19.5 Å². The van der Waals surface area contributed by atoms with Crippen LogP contribution in [-0.2, 0) is 6.54 Å². The number of hydrogen-bond donors (Lipinski definition) is 1. The van der Waals surface area contributed by atoms with Crippen LogP contribution in [0.15, 0.2) is 18.2 Å². The highest BCUT2D eigenvalue weighted by Crippen LogP contribution is 2.27. The second-order valence-corrected chi connectivity index (χ2v) is 6.08. The van der Waals surface area contributed by atoms with Crippen molar-refractivity contribution >= 4 is 34.0 Å². The SMILES string of the molecule is COc1ccc2nc(CN3CCNCC3C)sc2c1.Cl. The first-order valence-corrected chi connectivity index (χ1v) is 7.46. The quantitative estimate of drug-likeness (QED) is 0.945. The minimum Gasteiger partial charge on any atom is -0.497 e. The number of nitrogens with one attached hydrogen (secondary N) is 1. The topological polar surface area (TPSA) is 37.4 Å². The van der Waals surface area contributed by atoms with Gasteiger partial charge in [-0.1, -0.05) is 0 Å². The van der Waals surface area contributed by atoms with Gasteiger partial charge in [0.15, 0.2) is 0 Å². The molecule has 1 aliphatic heterocycles. The summed E-state index contributed by atoms with van der Waals surface area (Å²) in [6.07, 6.45) is 0. The smallest absolute Gasteiger partial charge is 0.120 e. The van der Waals surface area contributed by atoms with Crippen molar-refractivity contribution in [3.05, 3.63) is 23.2 Å². The lowest BCUT2D eigenvalue weighted by atomic mass is 10.2. The third-order valence-corrected chi connectivity index (χ3v) is 4.62. The summed E-state index contributed by atoms with van der Waals surface area (Å²) in [6.45, 7) is 6.45. The van der Waals surface area contributed by atoms with Gasteiger partial charge in [0, 0.05) is 25.7 Å². The molecular formula is C14H20ClN3OS. The minimum atomic E-state index is 0. The summed E-state index contributed by atoms with van der Waals surface area (Å²) in [5.41, 5.74) is 1.07. The molecule has 1 N–H and O–H groups in total. The molecule has 0 bridgehead atoms. The molecule has 0 radical (unpaired) electrons. The molecule has 0 saturated carbocycles. The van der Waals surface area contributed by atoms with Crippen LogP contribution in [0.5, 0.6) is 5.75 Å². The van der Waals surface area contributed by atoms with Gasteiger partial charge >= 0.3 is 0 Å². The standard InChI is InChI=1S/C14H19N3OS.ClH/c1-10-8-15-5-6-17(10)9-14-16-12-4-3-11(18-2)7-13(12)19-14;/h3-4,7,10,15H,5-6,8-9H2,1-2H3;1H. The number of ether oxygens (including phenoxy) is 1. The summed E-state index contributed by atoms with van der Waals surface area (Å²) in [5, 5.41) is 4.61. The number of nitrogens with zero attached hydrogens (tertiary/aromatic N) is 2. The summed E-state index contributed by atoms with van der Waals surface area (Å²) in [5.74, 6) is 0.901. The van der Waals surface area contributed by atoms with E-state index in [1.807, 2.05) is 12.1 Å². The summed E-state index contributed by atoms with van der Waals surface area (Å²) < 4.78 is 6.46. The average molecular weight is 314 g/mol. The molecule has 2 aromatic rings. The summed E-state index contributed by atoms with van der Waals surface area (Å²) >= 11 is 1.77. The van der Waals surface area contributed by atoms with Crippen molar-refractivity contribution in [3.8, 4) is 5.75 Å². The summed E-state index contributed by atoms with van der Waals surface area (Å²) in [4.78, 5) is 7.21. The number of thiazole rings is 1. The van der Waals surface area contributed by atoms with E-state index >= 15 is 0 Å². The number of hydrogen-bond acceptors (Lipinski definition) is 5. The van der Waals surface area contributed by atoms with E-state index in [-0.39, 0.29) is 12.4 Å². The van der Waals surface area contributed by atoms with Gasteiger partial charge in [-0.15, -0.1) is 23.7 Å². The highest BCUT2D eigenvalue weighted by atomic mass is 35.5. The molecular weight excluding hydrogens is 294 g/mol. The Morgan fingerprint density at radius 3 is 3.10 bits per heavy atom. The number of benzene rings is 1. The van der Waals surface area contributed by atoms with Gasteiger partial charge in [0.2, 0.25) is 0 Å². The summed E-state index contributed by atoms with van der Waals surface area (Å²) in [6, 6.07) is 6.65. The third-order valence-electron chi connectivity index (χ3n) is 3.62. The van der Waals surface area contributed by atoms with Crippen molar-refractivity contribution in [2.75, 3.05) is 26.7 Å². The zero-order valence-electron chi connectivity index (χ0n) is 11.8. The van der Waals surface area contributed by atoms with Gasteiger partial charge < -0.3 is 10.1 Å². The molecule has 3 rings (SSSR count). The van der Waals surface area contributed by atoms with Crippen LogP contribution < -0.4 is 10.1 Å². The lowest BCUT2D eigenvalue weighted by Gasteiger charge is -2.33. The van der Waals surface area contributed by atoms with Gasteiger partial charge in [-0.25, -0.2) is 4.98 Å². The number of halogens is 1. The van der Waals surface area contributed by atoms with Crippen molar-refractivity contribution < 1.29 is 4.74 Å². The van der Waals surface area contributed by atoms with Gasteiger partial charge in [-0.2, -0.15) is 0 Å². The van der Waals surface area contributed by atoms with Crippen LogP contribution >= 0.6 is 23.7 Å². The molecule has 1 aromatic heterocycles. The molecule has 0 spiro atoms. The van der Waals surface area contributed by atoms with E-state index in [1.165, 1.54) is 9.71 Å². The Labute approximate surface area is 129 Å². The lowest BCUT2D eigenvalue weighted by molar-refractivity contribution is 0.165. The van der Waals surface area contributed by atoms with Crippen LogP contribution in [0.1, 0.15) is 11.9 Å². The van der Waals surface area contributed by atoms with Gasteiger partial charge in [0.1, 0.15) is 10.8 Å². The average Bonchev–Trinajstić information content (AvgIpc) is 2.82. The van der Waals surface area contributed by atoms with Crippen LogP contribution in [0.3, 0.4) is 0 Å². The van der Waals surface area contributed by atoms with Gasteiger partial charge in [0.05, 0.1) is 23.9 Å². The molecule has 20 heavy (non-hydrogen) atoms. The predicted molar refractivity (Wildman–Crippen MR) is 86.2 cm³/mol. The van der Waals surface area contributed by atoms with Crippen LogP contribution in [0.25, 0.3) is 10.2 Å². The first-order valence-electron chi connectivity index (χ1n) is 6.64. The van der Waals surface area contributed by atoms with E-state index in [0.29, 0.717) is 6.04 Å². The highest BCUT2D eigenvalue weighted by Gasteiger charge is 2.19. The number of fused-ring (bicyclic) bond motifs is 1. The fourth-order valence-electron chi connectivity index (χ4n) is 2.44. The molecule has 1 saturated heterocycles. The second kappa shape index (κ2) is 6.72. The zero-order valence-corrected chi connectivity index (χ0v) is 13.4. The molecule has 110 valence electrons. The maximum absolute atomic E-state index is 5.26. The largest absolute Gasteiger partial charge is 0.497 e. The first-order chi connectivity index (χ1) is 9.26. The molecule has 6 heteroatoms. The fourth-order valence-corrected chi connectivity index (χ4v) is 3.46. The van der Waals surface area contributed by atoms with Crippen LogP contribution in [0, 0.1) is 0 Å². The van der Waals surface area contributed by atoms with Gasteiger partial charge in [-0.05, 0) is 25.1 Å². The number of rotatable bonds is 3. The summed E-state index contributed by atoms with van der Waals surface area (Å²) in [7, 11) is 1.70. The van der Waals surface area contributed by atoms with Gasteiger partial charge in [-0.3, -0.25) is 4.90 Å². The van der Waals surface area contributed by atoms with Crippen molar-refractivity contribution in [2.24, 2.45) is 0 Å². The number of piperazine rings is 1. The molecule has 1 fully saturated rings. The zero-order chi connectivity index (χ0) is 13.2. The van der Waals surface area contributed by atoms with Crippen LogP contribution in [0.4, 0.5) is 0 Å². The van der Waals surface area contributed by atoms with E-state index < -0.39 is 0 Å². The maximum Gasteiger partial charge on any atom is 0.120 e. The molecule has 1 aliphatic rings. The van der Waals surface area contributed by atoms with Gasteiger partial charge in [0.25, 0.3) is 0 Å². The maximum atomic E-state index is 5.26. The Hall–Kier alpha value is -0.880. The Bertz CT molecular complexity index is 575. The van der Waals surface area contributed by atoms with E-state index in [4.69, 9.17) is 9.72 Å². The molecule has 2 heterocycles. The predicted octanol–water partition coefficient (Wildman–Crippen LogP) is 2.52. The number of aromatic nitrogens is 1. The Morgan fingerprint density at radius 2 is 2.35 bits per heavy atom. The molecule has 1 atom stereocenters.